The van der Waals surface area contributed by atoms with Crippen molar-refractivity contribution in [3.63, 3.8) is 0 Å². The molecule has 1 aliphatic rings. The van der Waals surface area contributed by atoms with Gasteiger partial charge in [0, 0.05) is 66.7 Å². The fourth-order valence-corrected chi connectivity index (χ4v) is 4.13. The van der Waals surface area contributed by atoms with E-state index in [1.165, 1.54) is 10.9 Å². The fourth-order valence-electron chi connectivity index (χ4n) is 3.62. The lowest BCUT2D eigenvalue weighted by Gasteiger charge is -2.34. The number of carbonyl (C=O) groups is 1. The number of aromatic nitrogens is 2. The zero-order chi connectivity index (χ0) is 24.2. The molecule has 0 unspecified atom stereocenters. The number of hydrogen-bond donors (Lipinski definition) is 0. The minimum Gasteiger partial charge on any atom is -0.464 e. The molecule has 1 amide bonds. The van der Waals surface area contributed by atoms with Crippen molar-refractivity contribution < 1.29 is 18.8 Å². The van der Waals surface area contributed by atoms with Crippen LogP contribution in [0, 0.1) is 15.9 Å². The number of amides is 1. The number of nitrogens with zero attached hydrogens (tertiary/aromatic N) is 5. The molecule has 12 heteroatoms. The summed E-state index contributed by atoms with van der Waals surface area (Å²) in [5, 5.41) is 16.5. The van der Waals surface area contributed by atoms with Crippen LogP contribution in [0.3, 0.4) is 0 Å². The van der Waals surface area contributed by atoms with Gasteiger partial charge in [-0.2, -0.15) is 5.10 Å². The van der Waals surface area contributed by atoms with Gasteiger partial charge in [-0.05, 0) is 24.3 Å². The molecule has 2 aromatic carbocycles. The second-order valence-corrected chi connectivity index (χ2v) is 8.47. The molecule has 1 aliphatic heterocycles. The number of halogens is 3. The lowest BCUT2D eigenvalue weighted by molar-refractivity contribution is -0.386. The summed E-state index contributed by atoms with van der Waals surface area (Å²) in [6.07, 6.45) is 1.52. The van der Waals surface area contributed by atoms with E-state index in [0.717, 1.165) is 23.8 Å². The third kappa shape index (κ3) is 5.46. The number of carbonyl (C=O) groups excluding carboxylic acids is 1. The lowest BCUT2D eigenvalue weighted by Crippen LogP contribution is -2.48. The van der Waals surface area contributed by atoms with Gasteiger partial charge < -0.3 is 9.64 Å². The van der Waals surface area contributed by atoms with E-state index >= 15 is 0 Å². The summed E-state index contributed by atoms with van der Waals surface area (Å²) < 4.78 is 20.1. The van der Waals surface area contributed by atoms with Crippen LogP contribution >= 0.6 is 23.2 Å². The third-order valence-corrected chi connectivity index (χ3v) is 6.14. The molecule has 34 heavy (non-hydrogen) atoms. The Morgan fingerprint density at radius 2 is 1.82 bits per heavy atom. The maximum absolute atomic E-state index is 13.4. The van der Waals surface area contributed by atoms with Crippen molar-refractivity contribution >= 4 is 34.8 Å². The smallest absolute Gasteiger partial charge is 0.311 e. The predicted molar refractivity (Wildman–Crippen MR) is 124 cm³/mol. The Hall–Kier alpha value is -3.21. The zero-order valence-electron chi connectivity index (χ0n) is 17.9. The second-order valence-electron chi connectivity index (χ2n) is 7.65. The molecule has 2 heterocycles. The van der Waals surface area contributed by atoms with Crippen molar-refractivity contribution in [1.29, 1.82) is 0 Å². The number of piperazine rings is 1. The minimum atomic E-state index is -0.661. The fraction of sp³-hybridized carbons (Fsp3) is 0.273. The van der Waals surface area contributed by atoms with E-state index in [1.54, 1.807) is 29.2 Å². The van der Waals surface area contributed by atoms with Crippen LogP contribution < -0.4 is 4.74 Å². The minimum absolute atomic E-state index is 0.218. The summed E-state index contributed by atoms with van der Waals surface area (Å²) >= 11 is 12.5. The molecule has 1 fully saturated rings. The van der Waals surface area contributed by atoms with E-state index in [0.29, 0.717) is 42.8 Å². The molecular formula is C22H20Cl2FN5O4. The molecular weight excluding hydrogens is 488 g/mol. The Morgan fingerprint density at radius 3 is 2.50 bits per heavy atom. The van der Waals surface area contributed by atoms with Crippen LogP contribution in [0.4, 0.5) is 10.1 Å². The summed E-state index contributed by atoms with van der Waals surface area (Å²) in [7, 11) is 0. The molecule has 0 N–H and O–H groups in total. The van der Waals surface area contributed by atoms with Gasteiger partial charge in [0.2, 0.25) is 5.75 Å². The molecule has 4 rings (SSSR count). The van der Waals surface area contributed by atoms with E-state index < -0.39 is 10.7 Å². The van der Waals surface area contributed by atoms with Crippen LogP contribution in [0.25, 0.3) is 0 Å². The van der Waals surface area contributed by atoms with Crippen molar-refractivity contribution in [2.75, 3.05) is 26.2 Å². The monoisotopic (exact) mass is 507 g/mol. The molecule has 0 saturated carbocycles. The summed E-state index contributed by atoms with van der Waals surface area (Å²) in [5.41, 5.74) is 0.726. The average Bonchev–Trinajstić information content (AvgIpc) is 3.29. The van der Waals surface area contributed by atoms with Crippen molar-refractivity contribution in [1.82, 2.24) is 19.6 Å². The van der Waals surface area contributed by atoms with Gasteiger partial charge in [0.1, 0.15) is 5.82 Å². The number of rotatable bonds is 7. The van der Waals surface area contributed by atoms with Crippen LogP contribution in [-0.2, 0) is 13.3 Å². The number of hydrogen-bond acceptors (Lipinski definition) is 6. The number of nitro groups is 1. The molecule has 0 spiro atoms. The molecule has 1 aromatic heterocycles. The summed E-state index contributed by atoms with van der Waals surface area (Å²) in [4.78, 5) is 27.2. The summed E-state index contributed by atoms with van der Waals surface area (Å²) in [6, 6.07) is 9.89. The normalized spacial score (nSPS) is 14.3. The second kappa shape index (κ2) is 10.4. The van der Waals surface area contributed by atoms with E-state index in [9.17, 15) is 19.3 Å². The van der Waals surface area contributed by atoms with Gasteiger partial charge in [0.25, 0.3) is 5.91 Å². The molecule has 178 valence electrons. The highest BCUT2D eigenvalue weighted by Crippen LogP contribution is 2.28. The first-order valence-corrected chi connectivity index (χ1v) is 11.1. The Labute approximate surface area is 204 Å². The molecule has 0 atom stereocenters. The molecule has 1 saturated heterocycles. The summed E-state index contributed by atoms with van der Waals surface area (Å²) in [5.74, 6) is -1.11. The largest absolute Gasteiger partial charge is 0.464 e. The molecule has 0 bridgehead atoms. The van der Waals surface area contributed by atoms with Gasteiger partial charge in [0.05, 0.1) is 4.92 Å². The van der Waals surface area contributed by atoms with Gasteiger partial charge in [0.15, 0.2) is 12.4 Å². The Bertz CT molecular complexity index is 1190. The predicted octanol–water partition coefficient (Wildman–Crippen LogP) is 4.23. The number of nitro benzene ring substituents is 1. The van der Waals surface area contributed by atoms with Crippen molar-refractivity contribution in [2.45, 2.75) is 13.3 Å². The van der Waals surface area contributed by atoms with Gasteiger partial charge in [-0.3, -0.25) is 19.8 Å². The van der Waals surface area contributed by atoms with E-state index in [2.05, 4.69) is 10.00 Å². The highest BCUT2D eigenvalue weighted by Gasteiger charge is 2.25. The van der Waals surface area contributed by atoms with Crippen LogP contribution in [-0.4, -0.2) is 56.6 Å². The van der Waals surface area contributed by atoms with Gasteiger partial charge >= 0.3 is 5.69 Å². The Kier molecular flexibility index (Phi) is 7.30. The number of benzene rings is 2. The van der Waals surface area contributed by atoms with Crippen LogP contribution in [0.5, 0.6) is 5.75 Å². The first kappa shape index (κ1) is 23.9. The zero-order valence-corrected chi connectivity index (χ0v) is 19.4. The quantitative estimate of drug-likeness (QED) is 0.350. The molecule has 0 radical (unpaired) electrons. The topological polar surface area (TPSA) is 93.7 Å². The Morgan fingerprint density at radius 1 is 1.12 bits per heavy atom. The van der Waals surface area contributed by atoms with Crippen molar-refractivity contribution in [3.8, 4) is 5.75 Å². The Balaban J connectivity index is 1.33. The maximum atomic E-state index is 13.4. The molecule has 3 aromatic rings. The van der Waals surface area contributed by atoms with Crippen LogP contribution in [0.2, 0.25) is 10.0 Å². The number of ether oxygens (including phenoxy) is 1. The molecule has 0 aliphatic carbocycles. The molecule has 9 nitrogen and oxygen atoms in total. The van der Waals surface area contributed by atoms with E-state index in [4.69, 9.17) is 27.9 Å². The first-order chi connectivity index (χ1) is 16.3. The standard InChI is InChI=1S/C22H20Cl2FN5O4/c23-17-2-1-3-18(24)16(17)13-27-8-10-28(11-9-27)22(31)19-6-7-29(26-19)14-34-21-12-15(25)4-5-20(21)30(32)33/h1-7,12H,8-11,13-14H2. The van der Waals surface area contributed by atoms with Gasteiger partial charge in [-0.25, -0.2) is 9.07 Å². The maximum Gasteiger partial charge on any atom is 0.311 e. The average molecular weight is 508 g/mol. The third-order valence-electron chi connectivity index (χ3n) is 5.43. The highest BCUT2D eigenvalue weighted by molar-refractivity contribution is 6.35. The van der Waals surface area contributed by atoms with Crippen LogP contribution in [0.15, 0.2) is 48.7 Å². The van der Waals surface area contributed by atoms with Gasteiger partial charge in [-0.1, -0.05) is 29.3 Å². The van der Waals surface area contributed by atoms with E-state index in [-0.39, 0.29) is 29.8 Å². The summed E-state index contributed by atoms with van der Waals surface area (Å²) in [6.45, 7) is 2.71. The van der Waals surface area contributed by atoms with Crippen molar-refractivity contribution in [2.24, 2.45) is 0 Å². The van der Waals surface area contributed by atoms with Gasteiger partial charge in [-0.15, -0.1) is 0 Å². The van der Waals surface area contributed by atoms with Crippen LogP contribution in [0.1, 0.15) is 16.1 Å². The van der Waals surface area contributed by atoms with E-state index in [1.807, 2.05) is 0 Å². The highest BCUT2D eigenvalue weighted by atomic mass is 35.5. The lowest BCUT2D eigenvalue weighted by atomic mass is 10.2. The first-order valence-electron chi connectivity index (χ1n) is 10.4. The SMILES string of the molecule is O=C(c1ccn(COc2cc(F)ccc2[N+](=O)[O-])n1)N1CCN(Cc2c(Cl)cccc2Cl)CC1. The van der Waals surface area contributed by atoms with Crippen molar-refractivity contribution in [3.05, 3.63) is 85.9 Å².